The molecular formula is C34H36F3IO3S. The molecule has 0 bridgehead atoms. The highest BCUT2D eigenvalue weighted by molar-refractivity contribution is 7.86. The normalized spacial score (nSPS) is 12.5. The highest BCUT2D eigenvalue weighted by atomic mass is 127. The van der Waals surface area contributed by atoms with Gasteiger partial charge in [-0.2, -0.15) is 13.2 Å². The first-order chi connectivity index (χ1) is 19.3. The number of halogens is 4. The molecule has 224 valence electrons. The van der Waals surface area contributed by atoms with E-state index in [9.17, 15) is 13.2 Å². The van der Waals surface area contributed by atoms with Crippen molar-refractivity contribution < 1.29 is 47.3 Å². The Hall–Kier alpha value is -2.69. The van der Waals surface area contributed by atoms with Gasteiger partial charge in [0.15, 0.2) is 17.3 Å². The van der Waals surface area contributed by atoms with Gasteiger partial charge in [-0.05, 0) is 55.2 Å². The zero-order valence-corrected chi connectivity index (χ0v) is 27.8. The largest absolute Gasteiger partial charge is 0.741 e. The molecule has 0 N–H and O–H groups in total. The summed E-state index contributed by atoms with van der Waals surface area (Å²) in [6.45, 7) is 16.2. The van der Waals surface area contributed by atoms with Gasteiger partial charge in [-0.1, -0.05) is 112 Å². The van der Waals surface area contributed by atoms with E-state index < -0.39 is 15.6 Å². The fourth-order valence-corrected chi connectivity index (χ4v) is 7.60. The third kappa shape index (κ3) is 8.02. The second-order valence-corrected chi connectivity index (χ2v) is 15.7. The van der Waals surface area contributed by atoms with Gasteiger partial charge in [0.25, 0.3) is 0 Å². The second-order valence-electron chi connectivity index (χ2n) is 11.4. The van der Waals surface area contributed by atoms with E-state index in [1.165, 1.54) is 42.5 Å². The van der Waals surface area contributed by atoms with Gasteiger partial charge in [-0.3, -0.25) is 0 Å². The van der Waals surface area contributed by atoms with E-state index in [1.54, 1.807) is 3.57 Å². The van der Waals surface area contributed by atoms with Crippen LogP contribution in [0.4, 0.5) is 13.2 Å². The van der Waals surface area contributed by atoms with Crippen molar-refractivity contribution in [3.63, 3.8) is 0 Å². The first kappa shape index (κ1) is 33.8. The minimum atomic E-state index is -6.09. The quantitative estimate of drug-likeness (QED) is 0.152. The molecule has 42 heavy (non-hydrogen) atoms. The molecule has 0 fully saturated rings. The SMILES string of the molecule is Cc1cc(C)c([I+]c2cc(C(C)(C)c3ccccc3)cc(C(C)(C)c3ccccc3)c2)c(C)c1.O=S(=O)([O-])C(F)(F)F. The van der Waals surface area contributed by atoms with Crippen molar-refractivity contribution in [2.45, 2.75) is 64.8 Å². The van der Waals surface area contributed by atoms with E-state index in [-0.39, 0.29) is 32.0 Å². The average molecular weight is 709 g/mol. The van der Waals surface area contributed by atoms with E-state index >= 15 is 0 Å². The Balaban J connectivity index is 0.000000531. The zero-order chi connectivity index (χ0) is 31.5. The molecule has 0 aromatic heterocycles. The Morgan fingerprint density at radius 3 is 1.31 bits per heavy atom. The van der Waals surface area contributed by atoms with Crippen molar-refractivity contribution in [3.05, 3.63) is 137 Å². The molecule has 0 heterocycles. The number of benzene rings is 4. The van der Waals surface area contributed by atoms with Crippen molar-refractivity contribution in [1.82, 2.24) is 0 Å². The van der Waals surface area contributed by atoms with Crippen LogP contribution in [0.2, 0.25) is 0 Å². The van der Waals surface area contributed by atoms with Crippen molar-refractivity contribution in [2.75, 3.05) is 0 Å². The number of rotatable bonds is 6. The molecule has 0 saturated heterocycles. The van der Waals surface area contributed by atoms with Crippen LogP contribution >= 0.6 is 0 Å². The molecule has 3 nitrogen and oxygen atoms in total. The monoisotopic (exact) mass is 708 g/mol. The fourth-order valence-electron chi connectivity index (χ4n) is 4.83. The van der Waals surface area contributed by atoms with Gasteiger partial charge in [0, 0.05) is 22.0 Å². The van der Waals surface area contributed by atoms with Gasteiger partial charge < -0.3 is 4.55 Å². The van der Waals surface area contributed by atoms with Crippen LogP contribution in [-0.4, -0.2) is 18.5 Å². The molecule has 0 amide bonds. The second kappa shape index (κ2) is 12.9. The highest BCUT2D eigenvalue weighted by Gasteiger charge is 2.37. The maximum Gasteiger partial charge on any atom is 0.485 e. The van der Waals surface area contributed by atoms with Crippen LogP contribution in [0.15, 0.2) is 91.0 Å². The molecule has 0 atom stereocenters. The zero-order valence-electron chi connectivity index (χ0n) is 24.8. The lowest BCUT2D eigenvalue weighted by Crippen LogP contribution is -3.62. The Kier molecular flexibility index (Phi) is 10.4. The Bertz CT molecular complexity index is 1540. The summed E-state index contributed by atoms with van der Waals surface area (Å²) in [5, 5.41) is 0. The lowest BCUT2D eigenvalue weighted by molar-refractivity contribution is -0.598. The van der Waals surface area contributed by atoms with Crippen LogP contribution in [0.1, 0.15) is 66.6 Å². The highest BCUT2D eigenvalue weighted by Crippen LogP contribution is 2.36. The minimum Gasteiger partial charge on any atom is -0.741 e. The van der Waals surface area contributed by atoms with E-state index in [0.717, 1.165) is 0 Å². The lowest BCUT2D eigenvalue weighted by atomic mass is 9.73. The predicted octanol–water partition coefficient (Wildman–Crippen LogP) is 5.44. The van der Waals surface area contributed by atoms with Crippen LogP contribution in [0.3, 0.4) is 0 Å². The van der Waals surface area contributed by atoms with Crippen molar-refractivity contribution in [1.29, 1.82) is 0 Å². The third-order valence-corrected chi connectivity index (χ3v) is 11.5. The van der Waals surface area contributed by atoms with E-state index in [1.807, 2.05) is 0 Å². The van der Waals surface area contributed by atoms with Gasteiger partial charge in [0.1, 0.15) is 0 Å². The van der Waals surface area contributed by atoms with Crippen LogP contribution in [0.25, 0.3) is 0 Å². The topological polar surface area (TPSA) is 57.2 Å². The van der Waals surface area contributed by atoms with Crippen LogP contribution in [0.5, 0.6) is 0 Å². The average Bonchev–Trinajstić information content (AvgIpc) is 2.91. The summed E-state index contributed by atoms with van der Waals surface area (Å²) in [5.74, 6) is 0. The molecule has 0 unspecified atom stereocenters. The molecule has 0 aliphatic rings. The van der Waals surface area contributed by atoms with Gasteiger partial charge in [0.05, 0.1) is 0 Å². The lowest BCUT2D eigenvalue weighted by Gasteiger charge is -2.30. The van der Waals surface area contributed by atoms with E-state index in [4.69, 9.17) is 13.0 Å². The molecule has 4 aromatic carbocycles. The molecule has 0 radical (unpaired) electrons. The van der Waals surface area contributed by atoms with E-state index in [0.29, 0.717) is 0 Å². The number of aryl methyl sites for hydroxylation is 3. The van der Waals surface area contributed by atoms with Gasteiger partial charge in [-0.25, -0.2) is 8.42 Å². The summed E-state index contributed by atoms with van der Waals surface area (Å²) < 4.78 is 62.0. The maximum absolute atomic E-state index is 10.7. The molecule has 0 aliphatic heterocycles. The fraction of sp³-hybridized carbons (Fsp3) is 0.294. The predicted molar refractivity (Wildman–Crippen MR) is 157 cm³/mol. The number of hydrogen-bond acceptors (Lipinski definition) is 3. The molecule has 0 aliphatic carbocycles. The first-order valence-electron chi connectivity index (χ1n) is 13.4. The van der Waals surface area contributed by atoms with Crippen molar-refractivity contribution in [3.8, 4) is 0 Å². The summed E-state index contributed by atoms with van der Waals surface area (Å²) in [7, 11) is -6.09. The standard InChI is InChI=1S/C33H36I.CHF3O3S/c1-23-18-24(2)31(25(3)19-23)34-30-21-28(32(4,5)26-14-10-8-11-15-26)20-29(22-30)33(6,7)27-16-12-9-13-17-27;2-1(3,4)8(5,6)7/h8-22H,1-7H3;(H,5,6,7)/q+1;/p-1. The van der Waals surface area contributed by atoms with E-state index in [2.05, 4.69) is 139 Å². The molecule has 0 spiro atoms. The Morgan fingerprint density at radius 2 is 0.976 bits per heavy atom. The molecule has 8 heteroatoms. The van der Waals surface area contributed by atoms with Crippen LogP contribution in [-0.2, 0) is 20.9 Å². The third-order valence-electron chi connectivity index (χ3n) is 7.40. The number of alkyl halides is 3. The summed E-state index contributed by atoms with van der Waals surface area (Å²) >= 11 is -0.298. The van der Waals surface area contributed by atoms with Crippen LogP contribution in [0, 0.1) is 27.9 Å². The first-order valence-corrected chi connectivity index (χ1v) is 16.9. The van der Waals surface area contributed by atoms with Gasteiger partial charge >= 0.3 is 26.7 Å². The maximum atomic E-state index is 10.7. The molecule has 4 aromatic rings. The van der Waals surface area contributed by atoms with Gasteiger partial charge in [-0.15, -0.1) is 0 Å². The summed E-state index contributed by atoms with van der Waals surface area (Å²) in [4.78, 5) is 0. The Morgan fingerprint density at radius 1 is 0.619 bits per heavy atom. The summed E-state index contributed by atoms with van der Waals surface area (Å²) in [5.41, 5.74) is 3.95. The van der Waals surface area contributed by atoms with Crippen molar-refractivity contribution >= 4 is 10.1 Å². The van der Waals surface area contributed by atoms with Gasteiger partial charge in [0.2, 0.25) is 0 Å². The smallest absolute Gasteiger partial charge is 0.485 e. The molecular weight excluding hydrogens is 672 g/mol. The van der Waals surface area contributed by atoms with Crippen molar-refractivity contribution in [2.24, 2.45) is 0 Å². The number of hydrogen-bond donors (Lipinski definition) is 0. The Labute approximate surface area is 258 Å². The molecule has 0 saturated carbocycles. The summed E-state index contributed by atoms with van der Waals surface area (Å²) in [6.07, 6.45) is 0. The minimum absolute atomic E-state index is 0.0695. The molecule has 4 rings (SSSR count). The van der Waals surface area contributed by atoms with Crippen LogP contribution < -0.4 is 21.2 Å². The summed E-state index contributed by atoms with van der Waals surface area (Å²) in [6, 6.07) is 34.0.